The molecule has 28 heavy (non-hydrogen) atoms. The van der Waals surface area contributed by atoms with Gasteiger partial charge in [-0.15, -0.1) is 11.3 Å². The van der Waals surface area contributed by atoms with Crippen molar-refractivity contribution in [3.63, 3.8) is 0 Å². The van der Waals surface area contributed by atoms with Gasteiger partial charge in [-0.05, 0) is 35.7 Å². The number of nitrogens with zero attached hydrogens (tertiary/aromatic N) is 2. The van der Waals surface area contributed by atoms with E-state index < -0.39 is 24.2 Å². The molecule has 4 rings (SSSR count). The highest BCUT2D eigenvalue weighted by Crippen LogP contribution is 2.44. The number of alkyl halides is 3. The number of amides is 1. The first kappa shape index (κ1) is 19.0. The van der Waals surface area contributed by atoms with Gasteiger partial charge in [-0.25, -0.2) is 4.68 Å². The molecule has 0 fully saturated rings. The number of thiophene rings is 1. The van der Waals surface area contributed by atoms with Gasteiger partial charge in [0.05, 0.1) is 6.04 Å². The fraction of sp³-hybridized carbons (Fsp3) is 0.222. The number of nitrogens with one attached hydrogen (secondary N) is 2. The molecule has 2 N–H and O–H groups in total. The normalized spacial score (nSPS) is 19.0. The van der Waals surface area contributed by atoms with Crippen molar-refractivity contribution in [1.82, 2.24) is 9.78 Å². The maximum Gasteiger partial charge on any atom is 0.410 e. The van der Waals surface area contributed by atoms with Crippen LogP contribution in [0.4, 0.5) is 24.7 Å². The smallest absolute Gasteiger partial charge is 0.363 e. The van der Waals surface area contributed by atoms with Crippen LogP contribution in [-0.4, -0.2) is 21.9 Å². The first-order chi connectivity index (χ1) is 13.3. The van der Waals surface area contributed by atoms with Gasteiger partial charge >= 0.3 is 6.18 Å². The van der Waals surface area contributed by atoms with Gasteiger partial charge in [0.1, 0.15) is 5.82 Å². The van der Waals surface area contributed by atoms with Gasteiger partial charge in [0.15, 0.2) is 11.7 Å². The van der Waals surface area contributed by atoms with Crippen LogP contribution in [0.2, 0.25) is 0 Å². The summed E-state index contributed by atoms with van der Waals surface area (Å²) in [6.45, 7) is 0. The number of benzene rings is 1. The van der Waals surface area contributed by atoms with E-state index in [1.165, 1.54) is 17.4 Å². The third kappa shape index (κ3) is 3.79. The molecule has 146 valence electrons. The zero-order valence-corrected chi connectivity index (χ0v) is 16.6. The van der Waals surface area contributed by atoms with Crippen LogP contribution in [0.1, 0.15) is 33.9 Å². The number of anilines is 2. The second kappa shape index (κ2) is 7.25. The van der Waals surface area contributed by atoms with E-state index in [1.54, 1.807) is 36.4 Å². The predicted octanol–water partition coefficient (Wildman–Crippen LogP) is 5.62. The minimum absolute atomic E-state index is 0.0773. The molecule has 2 atom stereocenters. The van der Waals surface area contributed by atoms with E-state index >= 15 is 0 Å². The number of carbonyl (C=O) groups is 1. The molecule has 1 aliphatic rings. The van der Waals surface area contributed by atoms with E-state index in [0.29, 0.717) is 5.69 Å². The Bertz CT molecular complexity index is 985. The molecule has 0 saturated carbocycles. The van der Waals surface area contributed by atoms with Crippen LogP contribution in [0.3, 0.4) is 0 Å². The van der Waals surface area contributed by atoms with Gasteiger partial charge < -0.3 is 10.6 Å². The first-order valence-electron chi connectivity index (χ1n) is 8.34. The Kier molecular flexibility index (Phi) is 4.92. The van der Waals surface area contributed by atoms with E-state index in [9.17, 15) is 18.0 Å². The summed E-state index contributed by atoms with van der Waals surface area (Å²) >= 11 is 4.69. The van der Waals surface area contributed by atoms with E-state index in [1.807, 2.05) is 5.38 Å². The van der Waals surface area contributed by atoms with Gasteiger partial charge in [0, 0.05) is 27.5 Å². The van der Waals surface area contributed by atoms with Gasteiger partial charge in [0.25, 0.3) is 5.91 Å². The molecule has 1 aromatic carbocycles. The molecule has 0 radical (unpaired) electrons. The van der Waals surface area contributed by atoms with Crippen molar-refractivity contribution in [2.45, 2.75) is 24.7 Å². The standard InChI is InChI=1S/C18H14BrF3N4OS/c19-10-3-5-11(6-4-10)23-17(27)13-9-16-24-12(14-2-1-7-28-14)8-15(18(20,21)22)26(16)25-13/h1-7,9,12,15,24H,8H2,(H,23,27)/t12-,15+/m1/s1. The monoisotopic (exact) mass is 470 g/mol. The molecule has 3 aromatic rings. The van der Waals surface area contributed by atoms with Crippen LogP contribution in [-0.2, 0) is 0 Å². The largest absolute Gasteiger partial charge is 0.410 e. The second-order valence-electron chi connectivity index (χ2n) is 6.33. The Morgan fingerprint density at radius 1 is 1.29 bits per heavy atom. The van der Waals surface area contributed by atoms with Crippen molar-refractivity contribution >= 4 is 44.7 Å². The number of halogens is 4. The molecule has 0 bridgehead atoms. The molecule has 0 saturated heterocycles. The van der Waals surface area contributed by atoms with Crippen LogP contribution in [0.15, 0.2) is 52.3 Å². The molecule has 0 unspecified atom stereocenters. The molecule has 3 heterocycles. The van der Waals surface area contributed by atoms with Crippen molar-refractivity contribution in [3.8, 4) is 0 Å². The summed E-state index contributed by atoms with van der Waals surface area (Å²) in [6.07, 6.45) is -4.66. The fourth-order valence-electron chi connectivity index (χ4n) is 3.09. The third-order valence-electron chi connectivity index (χ3n) is 4.41. The van der Waals surface area contributed by atoms with Crippen molar-refractivity contribution in [2.75, 3.05) is 10.6 Å². The second-order valence-corrected chi connectivity index (χ2v) is 8.22. The van der Waals surface area contributed by atoms with Gasteiger partial charge in [0.2, 0.25) is 0 Å². The number of rotatable bonds is 3. The average molecular weight is 471 g/mol. The highest BCUT2D eigenvalue weighted by Gasteiger charge is 2.47. The van der Waals surface area contributed by atoms with Crippen molar-refractivity contribution in [3.05, 3.63) is 62.9 Å². The van der Waals surface area contributed by atoms with Gasteiger partial charge in [-0.2, -0.15) is 18.3 Å². The highest BCUT2D eigenvalue weighted by molar-refractivity contribution is 9.10. The minimum Gasteiger partial charge on any atom is -0.363 e. The Labute approximate surface area is 170 Å². The minimum atomic E-state index is -4.47. The summed E-state index contributed by atoms with van der Waals surface area (Å²) in [7, 11) is 0. The molecule has 1 amide bonds. The number of aromatic nitrogens is 2. The Hall–Kier alpha value is -2.33. The molecule has 1 aliphatic heterocycles. The van der Waals surface area contributed by atoms with Crippen LogP contribution < -0.4 is 10.6 Å². The lowest BCUT2D eigenvalue weighted by molar-refractivity contribution is -0.173. The maximum absolute atomic E-state index is 13.6. The predicted molar refractivity (Wildman–Crippen MR) is 105 cm³/mol. The summed E-state index contributed by atoms with van der Waals surface area (Å²) in [4.78, 5) is 13.3. The lowest BCUT2D eigenvalue weighted by Crippen LogP contribution is -2.35. The van der Waals surface area contributed by atoms with Gasteiger partial charge in [-0.1, -0.05) is 22.0 Å². The fourth-order valence-corrected chi connectivity index (χ4v) is 4.14. The number of hydrogen-bond donors (Lipinski definition) is 2. The first-order valence-corrected chi connectivity index (χ1v) is 10.0. The molecule has 0 aliphatic carbocycles. The lowest BCUT2D eigenvalue weighted by Gasteiger charge is -2.32. The molecular weight excluding hydrogens is 457 g/mol. The topological polar surface area (TPSA) is 59.0 Å². The quantitative estimate of drug-likeness (QED) is 0.522. The SMILES string of the molecule is O=C(Nc1ccc(Br)cc1)c1cc2n(n1)[C@H](C(F)(F)F)C[C@H](c1cccs1)N2. The summed E-state index contributed by atoms with van der Waals surface area (Å²) in [5.74, 6) is -0.396. The molecule has 0 spiro atoms. The Morgan fingerprint density at radius 2 is 2.04 bits per heavy atom. The van der Waals surface area contributed by atoms with Crippen LogP contribution in [0, 0.1) is 0 Å². The number of carbonyl (C=O) groups excluding carboxylic acids is 1. The van der Waals surface area contributed by atoms with Crippen molar-refractivity contribution in [2.24, 2.45) is 0 Å². The zero-order valence-electron chi connectivity index (χ0n) is 14.2. The molecule has 5 nitrogen and oxygen atoms in total. The lowest BCUT2D eigenvalue weighted by atomic mass is 10.0. The molecule has 2 aromatic heterocycles. The Balaban J connectivity index is 1.63. The van der Waals surface area contributed by atoms with E-state index in [2.05, 4.69) is 31.7 Å². The molecular formula is C18H14BrF3N4OS. The highest BCUT2D eigenvalue weighted by atomic mass is 79.9. The van der Waals surface area contributed by atoms with E-state index in [4.69, 9.17) is 0 Å². The Morgan fingerprint density at radius 3 is 2.68 bits per heavy atom. The number of hydrogen-bond acceptors (Lipinski definition) is 4. The maximum atomic E-state index is 13.6. The van der Waals surface area contributed by atoms with Crippen LogP contribution in [0.25, 0.3) is 0 Å². The van der Waals surface area contributed by atoms with E-state index in [0.717, 1.165) is 14.0 Å². The third-order valence-corrected chi connectivity index (χ3v) is 5.93. The average Bonchev–Trinajstić information content (AvgIpc) is 3.31. The summed E-state index contributed by atoms with van der Waals surface area (Å²) in [5.41, 5.74) is 0.447. The van der Waals surface area contributed by atoms with Crippen molar-refractivity contribution < 1.29 is 18.0 Å². The zero-order chi connectivity index (χ0) is 19.9. The van der Waals surface area contributed by atoms with Crippen molar-refractivity contribution in [1.29, 1.82) is 0 Å². The van der Waals surface area contributed by atoms with Crippen LogP contribution >= 0.6 is 27.3 Å². The number of fused-ring (bicyclic) bond motifs is 1. The van der Waals surface area contributed by atoms with Gasteiger partial charge in [-0.3, -0.25) is 4.79 Å². The summed E-state index contributed by atoms with van der Waals surface area (Å²) < 4.78 is 42.6. The van der Waals surface area contributed by atoms with E-state index in [-0.39, 0.29) is 17.9 Å². The van der Waals surface area contributed by atoms with Crippen LogP contribution in [0.5, 0.6) is 0 Å². The summed E-state index contributed by atoms with van der Waals surface area (Å²) in [5, 5.41) is 11.5. The summed E-state index contributed by atoms with van der Waals surface area (Å²) in [6, 6.07) is 9.52. The molecule has 10 heteroatoms.